The number of nitrogens with zero attached hydrogens (tertiary/aromatic N) is 7. The van der Waals surface area contributed by atoms with Crippen LogP contribution in [0, 0.1) is 11.3 Å². The van der Waals surface area contributed by atoms with Gasteiger partial charge in [0.25, 0.3) is 0 Å². The highest BCUT2D eigenvalue weighted by molar-refractivity contribution is 7.93. The van der Waals surface area contributed by atoms with Crippen LogP contribution in [0.5, 0.6) is 0 Å². The second kappa shape index (κ2) is 11.1. The molecule has 10 nitrogen and oxygen atoms in total. The predicted octanol–water partition coefficient (Wildman–Crippen LogP) is 3.16. The van der Waals surface area contributed by atoms with Crippen LogP contribution < -0.4 is 15.1 Å². The summed E-state index contributed by atoms with van der Waals surface area (Å²) in [5, 5.41) is 13.0. The van der Waals surface area contributed by atoms with Crippen LogP contribution in [-0.2, 0) is 8.92 Å². The van der Waals surface area contributed by atoms with Crippen molar-refractivity contribution < 1.29 is 8.92 Å². The van der Waals surface area contributed by atoms with E-state index in [0.717, 1.165) is 69.4 Å². The average molecular weight is 531 g/mol. The molecule has 38 heavy (non-hydrogen) atoms. The molecule has 0 unspecified atom stereocenters. The highest BCUT2D eigenvalue weighted by Crippen LogP contribution is 2.30. The van der Waals surface area contributed by atoms with Crippen LogP contribution in [-0.4, -0.2) is 90.7 Å². The van der Waals surface area contributed by atoms with Gasteiger partial charge in [0.1, 0.15) is 18.5 Å². The number of rotatable bonds is 8. The molecule has 3 aromatic rings. The zero-order valence-electron chi connectivity index (χ0n) is 21.3. The summed E-state index contributed by atoms with van der Waals surface area (Å²) in [5.41, 5.74) is 4.40. The standard InChI is InChI=1S/C27H30N8O2S/c1-38-37-24-14-35(15-24)25-7-2-19(12-20(25)13-28)26-29-18-30-27(32-26)31-21-3-5-22(6-4-21)33-8-10-34(11-9-33)23-16-36-17-23/h2-7,12,18,23-24H,8-11,14-17H2,1H3,(H,29,30,31,32). The second-order valence-electron chi connectivity index (χ2n) is 9.65. The van der Waals surface area contributed by atoms with Gasteiger partial charge in [-0.2, -0.15) is 10.2 Å². The molecule has 0 spiro atoms. The lowest BCUT2D eigenvalue weighted by Crippen LogP contribution is -2.56. The normalized spacial score (nSPS) is 18.5. The van der Waals surface area contributed by atoms with Crippen LogP contribution >= 0.6 is 12.0 Å². The molecule has 11 heteroatoms. The van der Waals surface area contributed by atoms with Crippen molar-refractivity contribution in [3.8, 4) is 17.5 Å². The maximum absolute atomic E-state index is 9.76. The summed E-state index contributed by atoms with van der Waals surface area (Å²) < 4.78 is 10.9. The molecule has 196 valence electrons. The fourth-order valence-corrected chi connectivity index (χ4v) is 5.43. The SMILES string of the molecule is CSOC1CN(c2ccc(-c3ncnc(Nc4ccc(N5CCN(C6COC6)CC5)cc4)n3)cc2C#N)C1. The van der Waals surface area contributed by atoms with Gasteiger partial charge in [-0.3, -0.25) is 4.90 Å². The molecule has 0 saturated carbocycles. The molecule has 4 heterocycles. The molecule has 3 saturated heterocycles. The van der Waals surface area contributed by atoms with Crippen molar-refractivity contribution in [2.45, 2.75) is 12.1 Å². The van der Waals surface area contributed by atoms with Gasteiger partial charge < -0.3 is 24.0 Å². The Morgan fingerprint density at radius 2 is 1.82 bits per heavy atom. The van der Waals surface area contributed by atoms with E-state index in [-0.39, 0.29) is 6.10 Å². The third-order valence-corrected chi connectivity index (χ3v) is 7.77. The number of nitriles is 1. The summed E-state index contributed by atoms with van der Waals surface area (Å²) in [6.07, 6.45) is 3.60. The number of benzene rings is 2. The summed E-state index contributed by atoms with van der Waals surface area (Å²) in [7, 11) is 0. The molecule has 6 rings (SSSR count). The van der Waals surface area contributed by atoms with E-state index < -0.39 is 0 Å². The van der Waals surface area contributed by atoms with E-state index in [0.29, 0.717) is 23.4 Å². The third-order valence-electron chi connectivity index (χ3n) is 7.31. The average Bonchev–Trinajstić information content (AvgIpc) is 2.90. The van der Waals surface area contributed by atoms with Gasteiger partial charge >= 0.3 is 0 Å². The summed E-state index contributed by atoms with van der Waals surface area (Å²) >= 11 is 1.38. The number of aromatic nitrogens is 3. The molecule has 1 aromatic heterocycles. The Balaban J connectivity index is 1.09. The predicted molar refractivity (Wildman–Crippen MR) is 149 cm³/mol. The molecule has 3 aliphatic heterocycles. The first-order valence-corrected chi connectivity index (χ1v) is 14.0. The molecule has 0 atom stereocenters. The van der Waals surface area contributed by atoms with E-state index >= 15 is 0 Å². The summed E-state index contributed by atoms with van der Waals surface area (Å²) in [6, 6.07) is 17.0. The van der Waals surface area contributed by atoms with Crippen LogP contribution in [0.1, 0.15) is 5.56 Å². The van der Waals surface area contributed by atoms with Crippen molar-refractivity contribution in [1.29, 1.82) is 5.26 Å². The van der Waals surface area contributed by atoms with Gasteiger partial charge in [0, 0.05) is 62.5 Å². The number of hydrogen-bond donors (Lipinski definition) is 1. The monoisotopic (exact) mass is 530 g/mol. The highest BCUT2D eigenvalue weighted by atomic mass is 32.2. The van der Waals surface area contributed by atoms with Gasteiger partial charge in [-0.15, -0.1) is 0 Å². The first kappa shape index (κ1) is 24.9. The lowest BCUT2D eigenvalue weighted by atomic mass is 10.0. The van der Waals surface area contributed by atoms with Crippen LogP contribution in [0.25, 0.3) is 11.4 Å². The number of piperazine rings is 1. The van der Waals surface area contributed by atoms with Gasteiger partial charge in [0.15, 0.2) is 5.82 Å². The number of ether oxygens (including phenoxy) is 1. The van der Waals surface area contributed by atoms with Crippen molar-refractivity contribution in [2.24, 2.45) is 0 Å². The maximum atomic E-state index is 9.76. The molecule has 0 bridgehead atoms. The third kappa shape index (κ3) is 5.26. The van der Waals surface area contributed by atoms with Crippen LogP contribution in [0.2, 0.25) is 0 Å². The van der Waals surface area contributed by atoms with Crippen molar-refractivity contribution >= 4 is 35.1 Å². The maximum Gasteiger partial charge on any atom is 0.230 e. The summed E-state index contributed by atoms with van der Waals surface area (Å²) in [5.74, 6) is 0.977. The fraction of sp³-hybridized carbons (Fsp3) is 0.407. The molecule has 1 N–H and O–H groups in total. The highest BCUT2D eigenvalue weighted by Gasteiger charge is 2.30. The minimum Gasteiger partial charge on any atom is -0.378 e. The smallest absolute Gasteiger partial charge is 0.230 e. The van der Waals surface area contributed by atoms with Gasteiger partial charge in [0.05, 0.1) is 30.5 Å². The lowest BCUT2D eigenvalue weighted by Gasteiger charge is -2.43. The van der Waals surface area contributed by atoms with Crippen molar-refractivity contribution in [1.82, 2.24) is 19.9 Å². The molecule has 3 aliphatic rings. The lowest BCUT2D eigenvalue weighted by molar-refractivity contribution is -0.0660. The molecule has 0 amide bonds. The molecule has 2 aromatic carbocycles. The Morgan fingerprint density at radius 3 is 2.50 bits per heavy atom. The topological polar surface area (TPSA) is 103 Å². The number of hydrogen-bond acceptors (Lipinski definition) is 11. The molecular formula is C27H30N8O2S. The molecule has 0 radical (unpaired) electrons. The molecular weight excluding hydrogens is 500 g/mol. The van der Waals surface area contributed by atoms with E-state index in [9.17, 15) is 5.26 Å². The van der Waals surface area contributed by atoms with Crippen molar-refractivity contribution in [3.63, 3.8) is 0 Å². The Hall–Kier alpha value is -3.43. The first-order valence-electron chi connectivity index (χ1n) is 12.8. The Bertz CT molecular complexity index is 1300. The number of nitrogens with one attached hydrogen (secondary N) is 1. The minimum absolute atomic E-state index is 0.195. The second-order valence-corrected chi connectivity index (χ2v) is 10.2. The van der Waals surface area contributed by atoms with Crippen molar-refractivity contribution in [3.05, 3.63) is 54.4 Å². The summed E-state index contributed by atoms with van der Waals surface area (Å²) in [6.45, 7) is 7.48. The Kier molecular flexibility index (Phi) is 7.29. The Morgan fingerprint density at radius 1 is 1.03 bits per heavy atom. The van der Waals surface area contributed by atoms with Crippen LogP contribution in [0.3, 0.4) is 0 Å². The largest absolute Gasteiger partial charge is 0.378 e. The van der Waals surface area contributed by atoms with E-state index in [1.54, 1.807) is 0 Å². The van der Waals surface area contributed by atoms with Crippen LogP contribution in [0.4, 0.5) is 23.0 Å². The minimum atomic E-state index is 0.195. The van der Waals surface area contributed by atoms with E-state index in [1.165, 1.54) is 24.1 Å². The fourth-order valence-electron chi connectivity index (χ4n) is 5.03. The zero-order valence-corrected chi connectivity index (χ0v) is 22.1. The summed E-state index contributed by atoms with van der Waals surface area (Å²) in [4.78, 5) is 20.4. The van der Waals surface area contributed by atoms with Gasteiger partial charge in [-0.1, -0.05) is 0 Å². The number of anilines is 4. The molecule has 0 aliphatic carbocycles. The van der Waals surface area contributed by atoms with E-state index in [2.05, 4.69) is 65.3 Å². The quantitative estimate of drug-likeness (QED) is 0.435. The van der Waals surface area contributed by atoms with Crippen molar-refractivity contribution in [2.75, 3.05) is 73.9 Å². The Labute approximate surface area is 226 Å². The molecule has 3 fully saturated rings. The zero-order chi connectivity index (χ0) is 25.9. The van der Waals surface area contributed by atoms with Gasteiger partial charge in [-0.25, -0.2) is 9.97 Å². The van der Waals surface area contributed by atoms with Gasteiger partial charge in [-0.05, 0) is 54.5 Å². The first-order chi connectivity index (χ1) is 18.7. The van der Waals surface area contributed by atoms with Gasteiger partial charge in [0.2, 0.25) is 5.95 Å². The van der Waals surface area contributed by atoms with Crippen LogP contribution in [0.15, 0.2) is 48.8 Å². The van der Waals surface area contributed by atoms with E-state index in [1.807, 2.05) is 24.5 Å². The van der Waals surface area contributed by atoms with E-state index in [4.69, 9.17) is 8.92 Å².